The lowest BCUT2D eigenvalue weighted by molar-refractivity contribution is 0.0525. The summed E-state index contributed by atoms with van der Waals surface area (Å²) in [5.74, 6) is -0.333. The van der Waals surface area contributed by atoms with E-state index in [0.29, 0.717) is 17.3 Å². The van der Waals surface area contributed by atoms with Crippen LogP contribution in [0.2, 0.25) is 0 Å². The van der Waals surface area contributed by atoms with Crippen molar-refractivity contribution >= 4 is 29.0 Å². The zero-order valence-electron chi connectivity index (χ0n) is 18.4. The van der Waals surface area contributed by atoms with Crippen LogP contribution in [0.3, 0.4) is 0 Å². The first kappa shape index (κ1) is 22.5. The van der Waals surface area contributed by atoms with Gasteiger partial charge in [0.15, 0.2) is 5.11 Å². The fraction of sp³-hybridized carbons (Fsp3) is 0.231. The highest BCUT2D eigenvalue weighted by Gasteiger charge is 2.18. The molecule has 0 aromatic heterocycles. The summed E-state index contributed by atoms with van der Waals surface area (Å²) in [6, 6.07) is 22.1. The quantitative estimate of drug-likeness (QED) is 0.377. The zero-order valence-corrected chi connectivity index (χ0v) is 19.2. The van der Waals surface area contributed by atoms with E-state index in [0.717, 1.165) is 22.4 Å². The second kappa shape index (κ2) is 10.2. The molecule has 2 N–H and O–H groups in total. The summed E-state index contributed by atoms with van der Waals surface area (Å²) in [5, 5.41) is 7.21. The summed E-state index contributed by atoms with van der Waals surface area (Å²) >= 11 is 5.66. The number of aryl methyl sites for hydroxylation is 2. The Morgan fingerprint density at radius 3 is 2.42 bits per heavy atom. The molecule has 3 rings (SSSR count). The fourth-order valence-electron chi connectivity index (χ4n) is 3.63. The Balaban J connectivity index is 1.87. The van der Waals surface area contributed by atoms with Crippen LogP contribution in [0, 0.1) is 20.8 Å². The van der Waals surface area contributed by atoms with Crippen LogP contribution in [-0.4, -0.2) is 17.7 Å². The number of benzene rings is 3. The number of esters is 1. The molecule has 31 heavy (non-hydrogen) atoms. The largest absolute Gasteiger partial charge is 0.462 e. The standard InChI is InChI=1S/C26H28N2O2S/c1-5-30-25(29)22-12-9-13-23(19(22)4)27-26(31)28-24(20-10-7-6-8-11-20)21-15-14-17(2)16-18(21)3/h6-16,24H,5H2,1-4H3,(H2,27,28,31)/t24-/m1/s1. The normalized spacial score (nSPS) is 11.5. The van der Waals surface area contributed by atoms with Crippen LogP contribution >= 0.6 is 12.2 Å². The van der Waals surface area contributed by atoms with E-state index >= 15 is 0 Å². The number of thiocarbonyl (C=S) groups is 1. The van der Waals surface area contributed by atoms with Gasteiger partial charge >= 0.3 is 5.97 Å². The van der Waals surface area contributed by atoms with E-state index in [1.165, 1.54) is 11.1 Å². The molecular weight excluding hydrogens is 404 g/mol. The number of anilines is 1. The topological polar surface area (TPSA) is 50.4 Å². The molecular formula is C26H28N2O2S. The molecule has 0 heterocycles. The maximum Gasteiger partial charge on any atom is 0.338 e. The summed E-state index contributed by atoms with van der Waals surface area (Å²) < 4.78 is 5.16. The Kier molecular flexibility index (Phi) is 7.42. The van der Waals surface area contributed by atoms with Crippen molar-refractivity contribution in [1.29, 1.82) is 0 Å². The van der Waals surface area contributed by atoms with Gasteiger partial charge in [-0.25, -0.2) is 4.79 Å². The maximum atomic E-state index is 12.2. The molecule has 0 amide bonds. The number of carbonyl (C=O) groups is 1. The second-order valence-corrected chi connectivity index (χ2v) is 7.91. The number of ether oxygens (including phenoxy) is 1. The lowest BCUT2D eigenvalue weighted by atomic mass is 9.94. The van der Waals surface area contributed by atoms with Crippen LogP contribution in [0.1, 0.15) is 51.1 Å². The molecule has 0 unspecified atom stereocenters. The minimum atomic E-state index is -0.333. The molecule has 5 heteroatoms. The molecule has 0 fully saturated rings. The van der Waals surface area contributed by atoms with Gasteiger partial charge in [-0.05, 0) is 74.3 Å². The van der Waals surface area contributed by atoms with Gasteiger partial charge in [0, 0.05) is 5.69 Å². The predicted octanol–water partition coefficient (Wildman–Crippen LogP) is 5.86. The van der Waals surface area contributed by atoms with Crippen molar-refractivity contribution in [3.63, 3.8) is 0 Å². The molecule has 0 bridgehead atoms. The SMILES string of the molecule is CCOC(=O)c1cccc(NC(=S)N[C@H](c2ccccc2)c2ccc(C)cc2C)c1C. The van der Waals surface area contributed by atoms with E-state index in [1.54, 1.807) is 13.0 Å². The molecule has 0 aliphatic heterocycles. The molecule has 0 spiro atoms. The third-order valence-electron chi connectivity index (χ3n) is 5.22. The van der Waals surface area contributed by atoms with Crippen LogP contribution < -0.4 is 10.6 Å². The number of carbonyl (C=O) groups excluding carboxylic acids is 1. The van der Waals surface area contributed by atoms with Gasteiger partial charge in [0.25, 0.3) is 0 Å². The summed E-state index contributed by atoms with van der Waals surface area (Å²) in [4.78, 5) is 12.2. The van der Waals surface area contributed by atoms with Crippen LogP contribution in [0.25, 0.3) is 0 Å². The molecule has 3 aromatic carbocycles. The Bertz CT molecular complexity index is 1080. The van der Waals surface area contributed by atoms with E-state index in [4.69, 9.17) is 17.0 Å². The van der Waals surface area contributed by atoms with Crippen LogP contribution in [0.5, 0.6) is 0 Å². The van der Waals surface area contributed by atoms with Crippen LogP contribution in [0.15, 0.2) is 66.7 Å². The van der Waals surface area contributed by atoms with Gasteiger partial charge < -0.3 is 15.4 Å². The highest BCUT2D eigenvalue weighted by Crippen LogP contribution is 2.26. The van der Waals surface area contributed by atoms with Crippen molar-refractivity contribution in [3.8, 4) is 0 Å². The zero-order chi connectivity index (χ0) is 22.4. The maximum absolute atomic E-state index is 12.2. The van der Waals surface area contributed by atoms with E-state index in [2.05, 4.69) is 54.8 Å². The Labute approximate surface area is 189 Å². The van der Waals surface area contributed by atoms with Crippen LogP contribution in [-0.2, 0) is 4.74 Å². The fourth-order valence-corrected chi connectivity index (χ4v) is 3.85. The molecule has 0 aliphatic rings. The third-order valence-corrected chi connectivity index (χ3v) is 5.44. The minimum absolute atomic E-state index is 0.102. The van der Waals surface area contributed by atoms with Crippen molar-refractivity contribution in [3.05, 3.63) is 100 Å². The first-order chi connectivity index (χ1) is 14.9. The van der Waals surface area contributed by atoms with Gasteiger partial charge in [-0.1, -0.05) is 60.2 Å². The molecule has 0 saturated carbocycles. The molecule has 4 nitrogen and oxygen atoms in total. The molecule has 0 radical (unpaired) electrons. The number of hydrogen-bond donors (Lipinski definition) is 2. The highest BCUT2D eigenvalue weighted by atomic mass is 32.1. The van der Waals surface area contributed by atoms with Crippen molar-refractivity contribution in [2.75, 3.05) is 11.9 Å². The summed E-state index contributed by atoms with van der Waals surface area (Å²) in [6.45, 7) is 8.22. The van der Waals surface area contributed by atoms with Gasteiger partial charge in [0.1, 0.15) is 0 Å². The number of nitrogens with one attached hydrogen (secondary N) is 2. The average Bonchev–Trinajstić information content (AvgIpc) is 2.75. The van der Waals surface area contributed by atoms with E-state index in [9.17, 15) is 4.79 Å². The predicted molar refractivity (Wildman–Crippen MR) is 131 cm³/mol. The van der Waals surface area contributed by atoms with Crippen molar-refractivity contribution in [1.82, 2.24) is 5.32 Å². The highest BCUT2D eigenvalue weighted by molar-refractivity contribution is 7.80. The summed E-state index contributed by atoms with van der Waals surface area (Å²) in [5.41, 5.74) is 6.81. The molecule has 1 atom stereocenters. The average molecular weight is 433 g/mol. The lowest BCUT2D eigenvalue weighted by Crippen LogP contribution is -2.33. The third kappa shape index (κ3) is 5.50. The van der Waals surface area contributed by atoms with E-state index in [1.807, 2.05) is 37.3 Å². The van der Waals surface area contributed by atoms with Crippen LogP contribution in [0.4, 0.5) is 5.69 Å². The Morgan fingerprint density at radius 1 is 1.00 bits per heavy atom. The van der Waals surface area contributed by atoms with Gasteiger partial charge in [0.2, 0.25) is 0 Å². The van der Waals surface area contributed by atoms with Gasteiger partial charge in [-0.15, -0.1) is 0 Å². The lowest BCUT2D eigenvalue weighted by Gasteiger charge is -2.24. The first-order valence-electron chi connectivity index (χ1n) is 10.4. The van der Waals surface area contributed by atoms with Gasteiger partial charge in [-0.2, -0.15) is 0 Å². The van der Waals surface area contributed by atoms with Crippen molar-refractivity contribution < 1.29 is 9.53 Å². The Morgan fingerprint density at radius 2 is 1.74 bits per heavy atom. The molecule has 3 aromatic rings. The van der Waals surface area contributed by atoms with E-state index in [-0.39, 0.29) is 12.0 Å². The molecule has 0 aliphatic carbocycles. The number of hydrogen-bond acceptors (Lipinski definition) is 3. The summed E-state index contributed by atoms with van der Waals surface area (Å²) in [7, 11) is 0. The van der Waals surface area contributed by atoms with Gasteiger partial charge in [0.05, 0.1) is 18.2 Å². The Hall–Kier alpha value is -3.18. The van der Waals surface area contributed by atoms with Gasteiger partial charge in [-0.3, -0.25) is 0 Å². The van der Waals surface area contributed by atoms with Crippen molar-refractivity contribution in [2.24, 2.45) is 0 Å². The monoisotopic (exact) mass is 432 g/mol. The summed E-state index contributed by atoms with van der Waals surface area (Å²) in [6.07, 6.45) is 0. The van der Waals surface area contributed by atoms with E-state index < -0.39 is 0 Å². The number of rotatable bonds is 6. The first-order valence-corrected chi connectivity index (χ1v) is 10.8. The second-order valence-electron chi connectivity index (χ2n) is 7.50. The minimum Gasteiger partial charge on any atom is -0.462 e. The smallest absolute Gasteiger partial charge is 0.338 e. The van der Waals surface area contributed by atoms with Crippen molar-refractivity contribution in [2.45, 2.75) is 33.7 Å². The molecule has 160 valence electrons. The molecule has 0 saturated heterocycles.